The first-order valence-electron chi connectivity index (χ1n) is 10.5. The number of amides is 1. The lowest BCUT2D eigenvalue weighted by Gasteiger charge is -2.44. The number of nitrogens with zero attached hydrogens (tertiary/aromatic N) is 4. The molecule has 0 atom stereocenters. The second-order valence-corrected chi connectivity index (χ2v) is 8.30. The predicted molar refractivity (Wildman–Crippen MR) is 115 cm³/mol. The van der Waals surface area contributed by atoms with E-state index in [4.69, 9.17) is 9.15 Å². The molecule has 2 aromatic carbocycles. The van der Waals surface area contributed by atoms with Crippen LogP contribution in [0.3, 0.4) is 0 Å². The van der Waals surface area contributed by atoms with Crippen LogP contribution in [0.15, 0.2) is 53.1 Å². The van der Waals surface area contributed by atoms with E-state index in [0.717, 1.165) is 22.6 Å². The minimum atomic E-state index is -0.469. The van der Waals surface area contributed by atoms with Crippen molar-refractivity contribution < 1.29 is 13.9 Å². The molecule has 2 aliphatic heterocycles. The Kier molecular flexibility index (Phi) is 3.78. The van der Waals surface area contributed by atoms with Gasteiger partial charge < -0.3 is 14.1 Å². The van der Waals surface area contributed by atoms with Crippen molar-refractivity contribution in [2.24, 2.45) is 7.05 Å². The molecule has 1 amide bonds. The predicted octanol–water partition coefficient (Wildman–Crippen LogP) is 4.06. The van der Waals surface area contributed by atoms with Crippen LogP contribution in [0.25, 0.3) is 22.4 Å². The fourth-order valence-corrected chi connectivity index (χ4v) is 4.95. The first kappa shape index (κ1) is 18.2. The number of likely N-dealkylation sites (tertiary alicyclic amines) is 1. The van der Waals surface area contributed by atoms with E-state index in [1.165, 1.54) is 0 Å². The van der Waals surface area contributed by atoms with Crippen molar-refractivity contribution in [3.8, 4) is 17.0 Å². The molecule has 0 aliphatic carbocycles. The Morgan fingerprint density at radius 3 is 2.74 bits per heavy atom. The van der Waals surface area contributed by atoms with E-state index in [9.17, 15) is 4.79 Å². The molecule has 0 N–H and O–H groups in total. The molecule has 4 heterocycles. The molecule has 6 rings (SSSR count). The van der Waals surface area contributed by atoms with Gasteiger partial charge in [-0.25, -0.2) is 4.98 Å². The van der Waals surface area contributed by atoms with E-state index in [-0.39, 0.29) is 5.91 Å². The van der Waals surface area contributed by atoms with Crippen LogP contribution in [0, 0.1) is 6.92 Å². The Morgan fingerprint density at radius 2 is 1.90 bits per heavy atom. The topological polar surface area (TPSA) is 73.4 Å². The Balaban J connectivity index is 1.31. The van der Waals surface area contributed by atoms with Crippen molar-refractivity contribution in [1.82, 2.24) is 19.7 Å². The first-order valence-corrected chi connectivity index (χ1v) is 10.5. The van der Waals surface area contributed by atoms with Gasteiger partial charge in [-0.05, 0) is 24.3 Å². The van der Waals surface area contributed by atoms with Crippen molar-refractivity contribution in [2.45, 2.75) is 25.4 Å². The van der Waals surface area contributed by atoms with Gasteiger partial charge in [0.2, 0.25) is 0 Å². The molecule has 7 nitrogen and oxygen atoms in total. The number of fused-ring (bicyclic) bond motifs is 5. The Hall–Kier alpha value is -3.61. The maximum atomic E-state index is 13.3. The van der Waals surface area contributed by atoms with Crippen molar-refractivity contribution >= 4 is 17.0 Å². The summed E-state index contributed by atoms with van der Waals surface area (Å²) in [5, 5.41) is 4.52. The third-order valence-electron chi connectivity index (χ3n) is 6.49. The molecule has 1 spiro atoms. The lowest BCUT2D eigenvalue weighted by molar-refractivity contribution is -0.00169. The maximum Gasteiger partial charge on any atom is 0.257 e. The van der Waals surface area contributed by atoms with Gasteiger partial charge in [-0.2, -0.15) is 5.10 Å². The summed E-state index contributed by atoms with van der Waals surface area (Å²) in [5.74, 6) is 1.41. The first-order chi connectivity index (χ1) is 15.1. The highest BCUT2D eigenvalue weighted by atomic mass is 16.5. The van der Waals surface area contributed by atoms with Crippen LogP contribution in [-0.2, 0) is 12.6 Å². The molecular weight excluding hydrogens is 392 g/mol. The highest BCUT2D eigenvalue weighted by Crippen LogP contribution is 2.49. The fourth-order valence-electron chi connectivity index (χ4n) is 4.95. The molecule has 0 unspecified atom stereocenters. The summed E-state index contributed by atoms with van der Waals surface area (Å²) in [6, 6.07) is 13.6. The average molecular weight is 414 g/mol. The molecule has 156 valence electrons. The minimum Gasteiger partial charge on any atom is -0.482 e. The van der Waals surface area contributed by atoms with Crippen LogP contribution in [0.2, 0.25) is 0 Å². The molecule has 2 aromatic heterocycles. The molecular formula is C24H22N4O3. The summed E-state index contributed by atoms with van der Waals surface area (Å²) in [7, 11) is 1.97. The van der Waals surface area contributed by atoms with E-state index in [1.54, 1.807) is 6.92 Å². The van der Waals surface area contributed by atoms with Gasteiger partial charge >= 0.3 is 0 Å². The van der Waals surface area contributed by atoms with Crippen molar-refractivity contribution in [2.75, 3.05) is 13.1 Å². The summed E-state index contributed by atoms with van der Waals surface area (Å²) < 4.78 is 14.2. The molecule has 31 heavy (non-hydrogen) atoms. The van der Waals surface area contributed by atoms with Gasteiger partial charge in [0, 0.05) is 51.0 Å². The van der Waals surface area contributed by atoms with Gasteiger partial charge in [0.15, 0.2) is 11.5 Å². The second-order valence-electron chi connectivity index (χ2n) is 8.30. The van der Waals surface area contributed by atoms with Crippen LogP contribution in [-0.4, -0.2) is 38.7 Å². The Bertz CT molecular complexity index is 1330. The summed E-state index contributed by atoms with van der Waals surface area (Å²) in [6.45, 7) is 2.99. The third kappa shape index (κ3) is 2.62. The lowest BCUT2D eigenvalue weighted by atomic mass is 9.81. The van der Waals surface area contributed by atoms with E-state index in [2.05, 4.69) is 16.1 Å². The monoisotopic (exact) mass is 414 g/mol. The molecule has 1 fully saturated rings. The number of benzene rings is 2. The fraction of sp³-hybridized carbons (Fsp3) is 0.292. The standard InChI is InChI=1S/C24H22N4O3/c1-15-26-19-8-5-7-17(22(19)30-15)23(29)28-12-10-24(11-13-28)18-14-25-27(2)21(18)16-6-3-4-9-20(16)31-24/h3-9,14H,10-13H2,1-2H3. The molecule has 0 radical (unpaired) electrons. The molecule has 0 bridgehead atoms. The van der Waals surface area contributed by atoms with Crippen LogP contribution in [0.4, 0.5) is 0 Å². The molecule has 7 heteroatoms. The van der Waals surface area contributed by atoms with Crippen LogP contribution in [0.5, 0.6) is 5.75 Å². The number of aryl methyl sites for hydroxylation is 2. The molecule has 1 saturated heterocycles. The number of aromatic nitrogens is 3. The van der Waals surface area contributed by atoms with E-state index < -0.39 is 5.60 Å². The van der Waals surface area contributed by atoms with Crippen molar-refractivity contribution in [3.05, 3.63) is 65.7 Å². The summed E-state index contributed by atoms with van der Waals surface area (Å²) in [4.78, 5) is 19.6. The van der Waals surface area contributed by atoms with E-state index in [1.807, 2.05) is 59.2 Å². The number of ether oxygens (including phenoxy) is 1. The van der Waals surface area contributed by atoms with E-state index >= 15 is 0 Å². The zero-order chi connectivity index (χ0) is 21.2. The van der Waals surface area contributed by atoms with Gasteiger partial charge in [-0.3, -0.25) is 9.48 Å². The molecule has 0 saturated carbocycles. The third-order valence-corrected chi connectivity index (χ3v) is 6.49. The van der Waals surface area contributed by atoms with Crippen LogP contribution in [0.1, 0.15) is 34.7 Å². The minimum absolute atomic E-state index is 0.0285. The number of hydrogen-bond donors (Lipinski definition) is 0. The zero-order valence-corrected chi connectivity index (χ0v) is 17.5. The normalized spacial score (nSPS) is 16.8. The smallest absolute Gasteiger partial charge is 0.257 e. The zero-order valence-electron chi connectivity index (χ0n) is 17.5. The second kappa shape index (κ2) is 6.44. The number of hydrogen-bond acceptors (Lipinski definition) is 5. The molecule has 2 aliphatic rings. The summed E-state index contributed by atoms with van der Waals surface area (Å²) in [5.41, 5.74) is 4.63. The van der Waals surface area contributed by atoms with Gasteiger partial charge in [0.1, 0.15) is 16.9 Å². The summed E-state index contributed by atoms with van der Waals surface area (Å²) in [6.07, 6.45) is 3.33. The number of carbonyl (C=O) groups excluding carboxylic acids is 1. The Morgan fingerprint density at radius 1 is 1.10 bits per heavy atom. The summed E-state index contributed by atoms with van der Waals surface area (Å²) >= 11 is 0. The maximum absolute atomic E-state index is 13.3. The SMILES string of the molecule is Cc1nc2cccc(C(=O)N3CCC4(CC3)Oc3ccccc3-c3c4cnn3C)c2o1. The van der Waals surface area contributed by atoms with Gasteiger partial charge in [-0.1, -0.05) is 18.2 Å². The quantitative estimate of drug-likeness (QED) is 0.470. The number of rotatable bonds is 1. The largest absolute Gasteiger partial charge is 0.482 e. The average Bonchev–Trinajstić information content (AvgIpc) is 3.36. The van der Waals surface area contributed by atoms with E-state index in [0.29, 0.717) is 48.5 Å². The molecule has 4 aromatic rings. The van der Waals surface area contributed by atoms with Crippen LogP contribution < -0.4 is 4.74 Å². The van der Waals surface area contributed by atoms with Gasteiger partial charge in [0.05, 0.1) is 17.5 Å². The van der Waals surface area contributed by atoms with Crippen molar-refractivity contribution in [1.29, 1.82) is 0 Å². The van der Waals surface area contributed by atoms with Gasteiger partial charge in [0.25, 0.3) is 5.91 Å². The number of oxazole rings is 1. The van der Waals surface area contributed by atoms with Crippen molar-refractivity contribution in [3.63, 3.8) is 0 Å². The number of para-hydroxylation sites is 2. The lowest BCUT2D eigenvalue weighted by Crippen LogP contribution is -2.49. The number of carbonyl (C=O) groups is 1. The highest BCUT2D eigenvalue weighted by Gasteiger charge is 2.46. The van der Waals surface area contributed by atoms with Gasteiger partial charge in [-0.15, -0.1) is 0 Å². The Labute approximate surface area is 179 Å². The highest BCUT2D eigenvalue weighted by molar-refractivity contribution is 6.04. The van der Waals surface area contributed by atoms with Crippen LogP contribution >= 0.6 is 0 Å². The number of piperidine rings is 1.